The standard InChI is InChI=1S/C22H24FN5O2/c1-4-27(5-2)20-11-10-16(13-24-20)14-25-22(30)21-19(29)12-15(3)28(26-21)18-9-7-6-8-17(18)23/h6-13H,4-5,14H2,1-3H3,(H,25,30). The van der Waals surface area contributed by atoms with Crippen molar-refractivity contribution < 1.29 is 9.18 Å². The molecule has 7 nitrogen and oxygen atoms in total. The monoisotopic (exact) mass is 409 g/mol. The Labute approximate surface area is 174 Å². The van der Waals surface area contributed by atoms with Crippen LogP contribution in [0.2, 0.25) is 0 Å². The molecule has 0 atom stereocenters. The maximum Gasteiger partial charge on any atom is 0.276 e. The van der Waals surface area contributed by atoms with Crippen molar-refractivity contribution in [3.63, 3.8) is 0 Å². The lowest BCUT2D eigenvalue weighted by Gasteiger charge is -2.19. The van der Waals surface area contributed by atoms with Crippen molar-refractivity contribution in [3.8, 4) is 5.69 Å². The van der Waals surface area contributed by atoms with Gasteiger partial charge in [-0.15, -0.1) is 0 Å². The summed E-state index contributed by atoms with van der Waals surface area (Å²) in [6.07, 6.45) is 1.69. The fourth-order valence-electron chi connectivity index (χ4n) is 3.09. The van der Waals surface area contributed by atoms with Crippen LogP contribution in [-0.4, -0.2) is 33.8 Å². The largest absolute Gasteiger partial charge is 0.357 e. The number of anilines is 1. The summed E-state index contributed by atoms with van der Waals surface area (Å²) < 4.78 is 15.4. The molecule has 0 aliphatic rings. The molecule has 1 aromatic carbocycles. The smallest absolute Gasteiger partial charge is 0.276 e. The summed E-state index contributed by atoms with van der Waals surface area (Å²) in [5.74, 6) is -0.261. The van der Waals surface area contributed by atoms with Gasteiger partial charge in [0.2, 0.25) is 5.43 Å². The number of halogens is 1. The number of benzene rings is 1. The Morgan fingerprint density at radius 3 is 2.53 bits per heavy atom. The molecule has 0 aliphatic carbocycles. The number of nitrogens with zero attached hydrogens (tertiary/aromatic N) is 4. The van der Waals surface area contributed by atoms with Crippen LogP contribution < -0.4 is 15.6 Å². The van der Waals surface area contributed by atoms with E-state index in [1.54, 1.807) is 25.3 Å². The van der Waals surface area contributed by atoms with E-state index < -0.39 is 17.2 Å². The molecule has 0 fully saturated rings. The Hall–Kier alpha value is -3.55. The fourth-order valence-corrected chi connectivity index (χ4v) is 3.09. The van der Waals surface area contributed by atoms with Gasteiger partial charge in [-0.2, -0.15) is 5.10 Å². The van der Waals surface area contributed by atoms with Crippen LogP contribution in [0, 0.1) is 12.7 Å². The molecule has 0 saturated heterocycles. The van der Waals surface area contributed by atoms with Crippen molar-refractivity contribution in [2.75, 3.05) is 18.0 Å². The molecule has 0 spiro atoms. The van der Waals surface area contributed by atoms with Crippen LogP contribution in [0.25, 0.3) is 5.69 Å². The van der Waals surface area contributed by atoms with Gasteiger partial charge in [-0.1, -0.05) is 18.2 Å². The number of pyridine rings is 1. The van der Waals surface area contributed by atoms with E-state index >= 15 is 0 Å². The Kier molecular flexibility index (Phi) is 6.56. The van der Waals surface area contributed by atoms with Crippen LogP contribution in [0.4, 0.5) is 10.2 Å². The quantitative estimate of drug-likeness (QED) is 0.649. The zero-order chi connectivity index (χ0) is 21.7. The lowest BCUT2D eigenvalue weighted by atomic mass is 10.2. The molecule has 8 heteroatoms. The third-order valence-electron chi connectivity index (χ3n) is 4.75. The average molecular weight is 409 g/mol. The minimum Gasteiger partial charge on any atom is -0.357 e. The van der Waals surface area contributed by atoms with Gasteiger partial charge in [0.05, 0.1) is 0 Å². The predicted octanol–water partition coefficient (Wildman–Crippen LogP) is 2.85. The molecular weight excluding hydrogens is 385 g/mol. The Balaban J connectivity index is 1.78. The molecule has 0 aliphatic heterocycles. The van der Waals surface area contributed by atoms with Gasteiger partial charge >= 0.3 is 0 Å². The summed E-state index contributed by atoms with van der Waals surface area (Å²) in [4.78, 5) is 31.4. The minimum absolute atomic E-state index is 0.167. The Morgan fingerprint density at radius 1 is 1.17 bits per heavy atom. The second-order valence-electron chi connectivity index (χ2n) is 6.74. The van der Waals surface area contributed by atoms with E-state index in [1.807, 2.05) is 12.1 Å². The second-order valence-corrected chi connectivity index (χ2v) is 6.74. The first-order valence-corrected chi connectivity index (χ1v) is 9.78. The molecule has 0 unspecified atom stereocenters. The van der Waals surface area contributed by atoms with Crippen LogP contribution in [0.3, 0.4) is 0 Å². The average Bonchev–Trinajstić information content (AvgIpc) is 2.74. The first-order chi connectivity index (χ1) is 14.4. The highest BCUT2D eigenvalue weighted by atomic mass is 19.1. The highest BCUT2D eigenvalue weighted by Gasteiger charge is 2.16. The van der Waals surface area contributed by atoms with Crippen molar-refractivity contribution in [1.82, 2.24) is 20.1 Å². The van der Waals surface area contributed by atoms with Crippen molar-refractivity contribution >= 4 is 11.7 Å². The van der Waals surface area contributed by atoms with E-state index in [0.717, 1.165) is 24.5 Å². The van der Waals surface area contributed by atoms with E-state index in [1.165, 1.54) is 22.9 Å². The summed E-state index contributed by atoms with van der Waals surface area (Å²) in [6, 6.07) is 11.1. The summed E-state index contributed by atoms with van der Waals surface area (Å²) in [6.45, 7) is 7.65. The van der Waals surface area contributed by atoms with Gasteiger partial charge in [-0.3, -0.25) is 9.59 Å². The van der Waals surface area contributed by atoms with Gasteiger partial charge in [0.1, 0.15) is 17.3 Å². The zero-order valence-electron chi connectivity index (χ0n) is 17.2. The molecule has 3 aromatic rings. The van der Waals surface area contributed by atoms with E-state index in [-0.39, 0.29) is 17.9 Å². The Bertz CT molecular complexity index is 1090. The van der Waals surface area contributed by atoms with Crippen LogP contribution in [0.15, 0.2) is 53.5 Å². The van der Waals surface area contributed by atoms with Crippen LogP contribution in [0.1, 0.15) is 35.6 Å². The molecule has 2 heterocycles. The first kappa shape index (κ1) is 21.2. The highest BCUT2D eigenvalue weighted by molar-refractivity contribution is 5.92. The number of carbonyl (C=O) groups is 1. The number of aryl methyl sites for hydroxylation is 1. The van der Waals surface area contributed by atoms with Gasteiger partial charge in [0, 0.05) is 37.6 Å². The molecule has 2 aromatic heterocycles. The SMILES string of the molecule is CCN(CC)c1ccc(CNC(=O)c2nn(-c3ccccc3F)c(C)cc2=O)cn1. The lowest BCUT2D eigenvalue weighted by Crippen LogP contribution is -2.31. The molecule has 3 rings (SSSR count). The van der Waals surface area contributed by atoms with E-state index in [0.29, 0.717) is 5.69 Å². The number of carbonyl (C=O) groups excluding carboxylic acids is 1. The van der Waals surface area contributed by atoms with E-state index in [9.17, 15) is 14.0 Å². The Morgan fingerprint density at radius 2 is 1.90 bits per heavy atom. The summed E-state index contributed by atoms with van der Waals surface area (Å²) in [5.41, 5.74) is 0.572. The van der Waals surface area contributed by atoms with Crippen LogP contribution in [-0.2, 0) is 6.54 Å². The molecule has 1 amide bonds. The van der Waals surface area contributed by atoms with Crippen molar-refractivity contribution in [2.45, 2.75) is 27.3 Å². The van der Waals surface area contributed by atoms with Crippen molar-refractivity contribution in [2.24, 2.45) is 0 Å². The third kappa shape index (κ3) is 4.53. The summed E-state index contributed by atoms with van der Waals surface area (Å²) in [7, 11) is 0. The number of hydrogen-bond donors (Lipinski definition) is 1. The molecule has 30 heavy (non-hydrogen) atoms. The van der Waals surface area contributed by atoms with Crippen molar-refractivity contribution in [3.05, 3.63) is 81.7 Å². The second kappa shape index (κ2) is 9.30. The molecule has 156 valence electrons. The number of rotatable bonds is 7. The molecule has 0 radical (unpaired) electrons. The number of aromatic nitrogens is 3. The van der Waals surface area contributed by atoms with Crippen LogP contribution >= 0.6 is 0 Å². The summed E-state index contributed by atoms with van der Waals surface area (Å²) in [5, 5.41) is 6.79. The molecule has 0 saturated carbocycles. The maximum atomic E-state index is 14.1. The van der Waals surface area contributed by atoms with E-state index in [4.69, 9.17) is 0 Å². The van der Waals surface area contributed by atoms with E-state index in [2.05, 4.69) is 34.1 Å². The number of para-hydroxylation sites is 1. The van der Waals surface area contributed by atoms with Crippen molar-refractivity contribution in [1.29, 1.82) is 0 Å². The van der Waals surface area contributed by atoms with Crippen LogP contribution in [0.5, 0.6) is 0 Å². The molecular formula is C22H24FN5O2. The normalized spacial score (nSPS) is 10.7. The predicted molar refractivity (Wildman–Crippen MR) is 113 cm³/mol. The number of nitrogens with one attached hydrogen (secondary N) is 1. The minimum atomic E-state index is -0.627. The topological polar surface area (TPSA) is 80.1 Å². The van der Waals surface area contributed by atoms with Gasteiger partial charge in [-0.25, -0.2) is 14.1 Å². The maximum absolute atomic E-state index is 14.1. The summed E-state index contributed by atoms with van der Waals surface area (Å²) >= 11 is 0. The number of hydrogen-bond acceptors (Lipinski definition) is 5. The lowest BCUT2D eigenvalue weighted by molar-refractivity contribution is 0.0943. The van der Waals surface area contributed by atoms with Gasteiger partial charge in [-0.05, 0) is 44.5 Å². The van der Waals surface area contributed by atoms with Gasteiger partial charge in [0.15, 0.2) is 5.69 Å². The fraction of sp³-hybridized carbons (Fsp3) is 0.273. The first-order valence-electron chi connectivity index (χ1n) is 9.78. The highest BCUT2D eigenvalue weighted by Crippen LogP contribution is 2.13. The van der Waals surface area contributed by atoms with Gasteiger partial charge < -0.3 is 10.2 Å². The number of amides is 1. The molecule has 0 bridgehead atoms. The molecule has 1 N–H and O–H groups in total. The van der Waals surface area contributed by atoms with Gasteiger partial charge in [0.25, 0.3) is 5.91 Å². The third-order valence-corrected chi connectivity index (χ3v) is 4.75. The zero-order valence-corrected chi connectivity index (χ0v) is 17.2.